The van der Waals surface area contributed by atoms with E-state index in [-0.39, 0.29) is 5.41 Å². The molecule has 0 bridgehead atoms. The van der Waals surface area contributed by atoms with E-state index in [4.69, 9.17) is 4.84 Å². The molecule has 0 aliphatic carbocycles. The normalized spacial score (nSPS) is 11.9. The predicted molar refractivity (Wildman–Crippen MR) is 64.0 cm³/mol. The van der Waals surface area contributed by atoms with Crippen LogP contribution < -0.4 is 0 Å². The SMILES string of the molecule is CC(C)(C)/C=N/OCCc1ccccc1. The Morgan fingerprint density at radius 1 is 1.20 bits per heavy atom. The highest BCUT2D eigenvalue weighted by atomic mass is 16.6. The van der Waals surface area contributed by atoms with Gasteiger partial charge in [0.15, 0.2) is 0 Å². The summed E-state index contributed by atoms with van der Waals surface area (Å²) in [6.45, 7) is 6.92. The third-order valence-electron chi connectivity index (χ3n) is 1.84. The van der Waals surface area contributed by atoms with Gasteiger partial charge in [0, 0.05) is 18.1 Å². The second-order valence-corrected chi connectivity index (χ2v) is 4.67. The molecule has 0 spiro atoms. The van der Waals surface area contributed by atoms with Crippen molar-refractivity contribution in [2.45, 2.75) is 27.2 Å². The van der Waals surface area contributed by atoms with Crippen LogP contribution in [-0.2, 0) is 11.3 Å². The molecule has 0 unspecified atom stereocenters. The second-order valence-electron chi connectivity index (χ2n) is 4.67. The molecule has 0 aliphatic rings. The first kappa shape index (κ1) is 11.8. The third kappa shape index (κ3) is 5.89. The zero-order valence-corrected chi connectivity index (χ0v) is 9.73. The molecule has 1 rings (SSSR count). The first-order valence-electron chi connectivity index (χ1n) is 5.28. The van der Waals surface area contributed by atoms with Crippen LogP contribution in [0.15, 0.2) is 35.5 Å². The zero-order valence-electron chi connectivity index (χ0n) is 9.73. The van der Waals surface area contributed by atoms with E-state index in [1.807, 2.05) is 24.4 Å². The summed E-state index contributed by atoms with van der Waals surface area (Å²) in [6, 6.07) is 10.3. The summed E-state index contributed by atoms with van der Waals surface area (Å²) in [4.78, 5) is 5.18. The zero-order chi connectivity index (χ0) is 11.1. The van der Waals surface area contributed by atoms with E-state index in [2.05, 4.69) is 38.1 Å². The number of hydrogen-bond acceptors (Lipinski definition) is 2. The molecule has 0 amide bonds. The van der Waals surface area contributed by atoms with Crippen LogP contribution in [0.4, 0.5) is 0 Å². The van der Waals surface area contributed by atoms with Crippen LogP contribution in [0.2, 0.25) is 0 Å². The van der Waals surface area contributed by atoms with E-state index in [0.29, 0.717) is 6.61 Å². The smallest absolute Gasteiger partial charge is 0.121 e. The molecule has 0 heterocycles. The van der Waals surface area contributed by atoms with Crippen LogP contribution in [-0.4, -0.2) is 12.8 Å². The summed E-state index contributed by atoms with van der Waals surface area (Å²) in [6.07, 6.45) is 2.74. The van der Waals surface area contributed by atoms with Crippen molar-refractivity contribution < 1.29 is 4.84 Å². The summed E-state index contributed by atoms with van der Waals surface area (Å²) < 4.78 is 0. The number of nitrogens with zero attached hydrogens (tertiary/aromatic N) is 1. The minimum absolute atomic E-state index is 0.0900. The Hall–Kier alpha value is -1.31. The summed E-state index contributed by atoms with van der Waals surface area (Å²) in [7, 11) is 0. The van der Waals surface area contributed by atoms with Gasteiger partial charge in [-0.2, -0.15) is 0 Å². The predicted octanol–water partition coefficient (Wildman–Crippen LogP) is 3.28. The molecule has 0 fully saturated rings. The van der Waals surface area contributed by atoms with Gasteiger partial charge in [0.05, 0.1) is 0 Å². The highest BCUT2D eigenvalue weighted by Crippen LogP contribution is 2.08. The Morgan fingerprint density at radius 2 is 1.87 bits per heavy atom. The minimum Gasteiger partial charge on any atom is -0.396 e. The Bertz CT molecular complexity index is 298. The average Bonchev–Trinajstić information content (AvgIpc) is 2.17. The van der Waals surface area contributed by atoms with Gasteiger partial charge < -0.3 is 4.84 Å². The first-order chi connectivity index (χ1) is 7.08. The maximum atomic E-state index is 5.18. The fraction of sp³-hybridized carbons (Fsp3) is 0.462. The molecule has 0 N–H and O–H groups in total. The van der Waals surface area contributed by atoms with Gasteiger partial charge in [0.2, 0.25) is 0 Å². The fourth-order valence-corrected chi connectivity index (χ4v) is 1.06. The van der Waals surface area contributed by atoms with E-state index in [1.165, 1.54) is 5.56 Å². The van der Waals surface area contributed by atoms with E-state index in [0.717, 1.165) is 6.42 Å². The summed E-state index contributed by atoms with van der Waals surface area (Å²) in [5.41, 5.74) is 1.37. The Labute approximate surface area is 91.9 Å². The quantitative estimate of drug-likeness (QED) is 0.420. The van der Waals surface area contributed by atoms with Crippen molar-refractivity contribution in [2.24, 2.45) is 10.6 Å². The number of rotatable bonds is 4. The van der Waals surface area contributed by atoms with Crippen molar-refractivity contribution in [3.63, 3.8) is 0 Å². The maximum absolute atomic E-state index is 5.18. The second kappa shape index (κ2) is 5.54. The molecule has 15 heavy (non-hydrogen) atoms. The minimum atomic E-state index is 0.0900. The van der Waals surface area contributed by atoms with Crippen molar-refractivity contribution in [3.05, 3.63) is 35.9 Å². The molecule has 1 aromatic carbocycles. The van der Waals surface area contributed by atoms with E-state index in [1.54, 1.807) is 0 Å². The lowest BCUT2D eigenvalue weighted by Crippen LogP contribution is -2.06. The van der Waals surface area contributed by atoms with Gasteiger partial charge in [-0.05, 0) is 5.56 Å². The van der Waals surface area contributed by atoms with Crippen molar-refractivity contribution in [3.8, 4) is 0 Å². The van der Waals surface area contributed by atoms with Crippen molar-refractivity contribution in [1.82, 2.24) is 0 Å². The van der Waals surface area contributed by atoms with E-state index >= 15 is 0 Å². The van der Waals surface area contributed by atoms with Crippen LogP contribution in [0.25, 0.3) is 0 Å². The molecular weight excluding hydrogens is 186 g/mol. The largest absolute Gasteiger partial charge is 0.396 e. The van der Waals surface area contributed by atoms with Crippen LogP contribution in [0.5, 0.6) is 0 Å². The van der Waals surface area contributed by atoms with Gasteiger partial charge in [-0.1, -0.05) is 56.3 Å². The van der Waals surface area contributed by atoms with Crippen LogP contribution >= 0.6 is 0 Å². The highest BCUT2D eigenvalue weighted by Gasteiger charge is 2.04. The summed E-state index contributed by atoms with van der Waals surface area (Å²) in [5.74, 6) is 0. The highest BCUT2D eigenvalue weighted by molar-refractivity contribution is 5.63. The van der Waals surface area contributed by atoms with Crippen molar-refractivity contribution in [1.29, 1.82) is 0 Å². The molecule has 82 valence electrons. The summed E-state index contributed by atoms with van der Waals surface area (Å²) >= 11 is 0. The lowest BCUT2D eigenvalue weighted by atomic mass is 10.00. The van der Waals surface area contributed by atoms with E-state index < -0.39 is 0 Å². The molecule has 0 aliphatic heterocycles. The van der Waals surface area contributed by atoms with Gasteiger partial charge in [-0.3, -0.25) is 0 Å². The molecule has 0 aromatic heterocycles. The van der Waals surface area contributed by atoms with Gasteiger partial charge in [-0.25, -0.2) is 0 Å². The van der Waals surface area contributed by atoms with Crippen molar-refractivity contribution in [2.75, 3.05) is 6.61 Å². The van der Waals surface area contributed by atoms with Crippen molar-refractivity contribution >= 4 is 6.21 Å². The molecule has 2 heteroatoms. The van der Waals surface area contributed by atoms with Gasteiger partial charge in [-0.15, -0.1) is 0 Å². The molecule has 1 aromatic rings. The average molecular weight is 205 g/mol. The summed E-state index contributed by atoms with van der Waals surface area (Å²) in [5, 5.41) is 3.93. The first-order valence-corrected chi connectivity index (χ1v) is 5.28. The van der Waals surface area contributed by atoms with Gasteiger partial charge in [0.1, 0.15) is 6.61 Å². The molecule has 0 atom stereocenters. The molecular formula is C13H19NO. The Kier molecular flexibility index (Phi) is 4.35. The van der Waals surface area contributed by atoms with Crippen LogP contribution in [0.1, 0.15) is 26.3 Å². The van der Waals surface area contributed by atoms with Gasteiger partial charge >= 0.3 is 0 Å². The van der Waals surface area contributed by atoms with E-state index in [9.17, 15) is 0 Å². The van der Waals surface area contributed by atoms with Crippen LogP contribution in [0.3, 0.4) is 0 Å². The molecule has 0 radical (unpaired) electrons. The number of oxime groups is 1. The topological polar surface area (TPSA) is 21.6 Å². The number of hydrogen-bond donors (Lipinski definition) is 0. The number of benzene rings is 1. The monoisotopic (exact) mass is 205 g/mol. The van der Waals surface area contributed by atoms with Gasteiger partial charge in [0.25, 0.3) is 0 Å². The molecule has 2 nitrogen and oxygen atoms in total. The lowest BCUT2D eigenvalue weighted by molar-refractivity contribution is 0.146. The molecule has 0 saturated carbocycles. The standard InChI is InChI=1S/C13H19NO/c1-13(2,3)11-14-15-10-9-12-7-5-4-6-8-12/h4-8,11H,9-10H2,1-3H3/b14-11+. The fourth-order valence-electron chi connectivity index (χ4n) is 1.06. The van der Waals surface area contributed by atoms with Crippen LogP contribution in [0, 0.1) is 5.41 Å². The third-order valence-corrected chi connectivity index (χ3v) is 1.84. The molecule has 0 saturated heterocycles. The maximum Gasteiger partial charge on any atom is 0.121 e. The Balaban J connectivity index is 2.21. The lowest BCUT2D eigenvalue weighted by Gasteiger charge is -2.09. The Morgan fingerprint density at radius 3 is 2.47 bits per heavy atom.